The summed E-state index contributed by atoms with van der Waals surface area (Å²) in [6, 6.07) is 12.8. The Bertz CT molecular complexity index is 710. The fraction of sp³-hybridized carbons (Fsp3) is 0.235. The highest BCUT2D eigenvalue weighted by Crippen LogP contribution is 2.17. The van der Waals surface area contributed by atoms with Crippen LogP contribution in [0.25, 0.3) is 0 Å². The number of hydrogen-bond donors (Lipinski definition) is 1. The molecule has 2 amide bonds. The van der Waals surface area contributed by atoms with Crippen LogP contribution in [0.1, 0.15) is 20.8 Å². The summed E-state index contributed by atoms with van der Waals surface area (Å²) in [5.74, 6) is -0.484. The van der Waals surface area contributed by atoms with Gasteiger partial charge in [0.1, 0.15) is 5.69 Å². The number of aromatic nitrogens is 1. The van der Waals surface area contributed by atoms with E-state index in [9.17, 15) is 9.59 Å². The lowest BCUT2D eigenvalue weighted by Crippen LogP contribution is -2.48. The summed E-state index contributed by atoms with van der Waals surface area (Å²) in [7, 11) is 0. The molecule has 6 heteroatoms. The fourth-order valence-electron chi connectivity index (χ4n) is 2.68. The molecule has 1 aliphatic rings. The van der Waals surface area contributed by atoms with E-state index in [1.807, 2.05) is 41.3 Å². The van der Waals surface area contributed by atoms with Gasteiger partial charge in [0.05, 0.1) is 0 Å². The molecular formula is C17H18N4O2. The van der Waals surface area contributed by atoms with E-state index in [4.69, 9.17) is 5.73 Å². The van der Waals surface area contributed by atoms with E-state index in [0.29, 0.717) is 31.7 Å². The number of primary amides is 1. The van der Waals surface area contributed by atoms with Crippen molar-refractivity contribution in [1.29, 1.82) is 0 Å². The van der Waals surface area contributed by atoms with Crippen LogP contribution in [0.3, 0.4) is 0 Å². The Morgan fingerprint density at radius 2 is 1.70 bits per heavy atom. The number of nitrogens with two attached hydrogens (primary N) is 1. The summed E-state index contributed by atoms with van der Waals surface area (Å²) < 4.78 is 0. The zero-order valence-electron chi connectivity index (χ0n) is 12.7. The van der Waals surface area contributed by atoms with Gasteiger partial charge in [0.25, 0.3) is 11.8 Å². The van der Waals surface area contributed by atoms with Gasteiger partial charge in [-0.25, -0.2) is 0 Å². The molecule has 0 spiro atoms. The minimum absolute atomic E-state index is 0.0535. The lowest BCUT2D eigenvalue weighted by molar-refractivity contribution is 0.0746. The molecule has 1 fully saturated rings. The average molecular weight is 310 g/mol. The molecule has 0 radical (unpaired) electrons. The molecule has 2 N–H and O–H groups in total. The summed E-state index contributed by atoms with van der Waals surface area (Å²) >= 11 is 0. The summed E-state index contributed by atoms with van der Waals surface area (Å²) in [4.78, 5) is 31.6. The molecule has 3 rings (SSSR count). The average Bonchev–Trinajstić information content (AvgIpc) is 2.62. The maximum atomic E-state index is 12.4. The predicted molar refractivity (Wildman–Crippen MR) is 87.3 cm³/mol. The smallest absolute Gasteiger partial charge is 0.267 e. The molecule has 0 unspecified atom stereocenters. The number of benzene rings is 1. The van der Waals surface area contributed by atoms with Crippen LogP contribution in [0.15, 0.2) is 48.7 Å². The minimum atomic E-state index is -0.537. The van der Waals surface area contributed by atoms with E-state index >= 15 is 0 Å². The van der Waals surface area contributed by atoms with Crippen molar-refractivity contribution in [1.82, 2.24) is 9.88 Å². The molecule has 2 aromatic rings. The van der Waals surface area contributed by atoms with Gasteiger partial charge in [-0.3, -0.25) is 14.6 Å². The Balaban J connectivity index is 1.66. The first-order valence-electron chi connectivity index (χ1n) is 7.50. The van der Waals surface area contributed by atoms with Crippen molar-refractivity contribution in [3.63, 3.8) is 0 Å². The van der Waals surface area contributed by atoms with E-state index < -0.39 is 5.91 Å². The summed E-state index contributed by atoms with van der Waals surface area (Å²) in [6.07, 6.45) is 1.58. The second kappa shape index (κ2) is 6.48. The van der Waals surface area contributed by atoms with Gasteiger partial charge in [-0.1, -0.05) is 18.2 Å². The van der Waals surface area contributed by atoms with E-state index in [2.05, 4.69) is 9.88 Å². The third-order valence-corrected chi connectivity index (χ3v) is 3.95. The van der Waals surface area contributed by atoms with Gasteiger partial charge in [0.2, 0.25) is 0 Å². The van der Waals surface area contributed by atoms with Crippen molar-refractivity contribution in [2.45, 2.75) is 0 Å². The van der Waals surface area contributed by atoms with Crippen LogP contribution >= 0.6 is 0 Å². The van der Waals surface area contributed by atoms with Crippen molar-refractivity contribution < 1.29 is 9.59 Å². The Hall–Kier alpha value is -2.89. The number of anilines is 1. The van der Waals surface area contributed by atoms with Crippen LogP contribution in [0.4, 0.5) is 5.69 Å². The van der Waals surface area contributed by atoms with Crippen LogP contribution in [-0.2, 0) is 0 Å². The number of pyridine rings is 1. The molecule has 23 heavy (non-hydrogen) atoms. The standard InChI is InChI=1S/C17H18N4O2/c18-16(22)15-12-14(6-7-19-15)20-8-10-21(11-9-20)17(23)13-4-2-1-3-5-13/h1-7,12H,8-11H2,(H2,18,22). The maximum Gasteiger partial charge on any atom is 0.267 e. The van der Waals surface area contributed by atoms with Gasteiger partial charge in [-0.15, -0.1) is 0 Å². The lowest BCUT2D eigenvalue weighted by atomic mass is 10.1. The molecule has 2 heterocycles. The topological polar surface area (TPSA) is 79.5 Å². The molecule has 118 valence electrons. The van der Waals surface area contributed by atoms with Crippen molar-refractivity contribution in [3.8, 4) is 0 Å². The molecule has 1 aromatic carbocycles. The number of rotatable bonds is 3. The fourth-order valence-corrected chi connectivity index (χ4v) is 2.68. The second-order valence-corrected chi connectivity index (χ2v) is 5.41. The molecule has 1 aliphatic heterocycles. The SMILES string of the molecule is NC(=O)c1cc(N2CCN(C(=O)c3ccccc3)CC2)ccn1. The van der Waals surface area contributed by atoms with Crippen molar-refractivity contribution >= 4 is 17.5 Å². The summed E-state index contributed by atoms with van der Waals surface area (Å²) in [5, 5.41) is 0. The molecule has 0 bridgehead atoms. The monoisotopic (exact) mass is 310 g/mol. The third kappa shape index (κ3) is 3.31. The molecular weight excluding hydrogens is 292 g/mol. The van der Waals surface area contributed by atoms with Crippen LogP contribution < -0.4 is 10.6 Å². The van der Waals surface area contributed by atoms with Crippen molar-refractivity contribution in [2.75, 3.05) is 31.1 Å². The van der Waals surface area contributed by atoms with Crippen LogP contribution in [0, 0.1) is 0 Å². The summed E-state index contributed by atoms with van der Waals surface area (Å²) in [5.41, 5.74) is 7.13. The predicted octanol–water partition coefficient (Wildman–Crippen LogP) is 1.14. The Morgan fingerprint density at radius 3 is 2.35 bits per heavy atom. The van der Waals surface area contributed by atoms with Crippen molar-refractivity contribution in [2.24, 2.45) is 5.73 Å². The number of amides is 2. The van der Waals surface area contributed by atoms with Gasteiger partial charge in [-0.05, 0) is 24.3 Å². The third-order valence-electron chi connectivity index (χ3n) is 3.95. The largest absolute Gasteiger partial charge is 0.368 e. The minimum Gasteiger partial charge on any atom is -0.368 e. The lowest BCUT2D eigenvalue weighted by Gasteiger charge is -2.36. The normalized spacial score (nSPS) is 14.6. The first-order valence-corrected chi connectivity index (χ1v) is 7.50. The Labute approximate surface area is 134 Å². The Morgan fingerprint density at radius 1 is 1.00 bits per heavy atom. The molecule has 0 saturated carbocycles. The van der Waals surface area contributed by atoms with Crippen LogP contribution in [-0.4, -0.2) is 47.9 Å². The second-order valence-electron chi connectivity index (χ2n) is 5.41. The maximum absolute atomic E-state index is 12.4. The van der Waals surface area contributed by atoms with Crippen molar-refractivity contribution in [3.05, 3.63) is 59.9 Å². The van der Waals surface area contributed by atoms with Gasteiger partial charge in [-0.2, -0.15) is 0 Å². The number of piperazine rings is 1. The van der Waals surface area contributed by atoms with Crippen LogP contribution in [0.5, 0.6) is 0 Å². The van der Waals surface area contributed by atoms with Gasteiger partial charge in [0.15, 0.2) is 0 Å². The molecule has 0 aliphatic carbocycles. The molecule has 0 atom stereocenters. The number of hydrogen-bond acceptors (Lipinski definition) is 4. The van der Waals surface area contributed by atoms with E-state index in [-0.39, 0.29) is 11.6 Å². The Kier molecular flexibility index (Phi) is 4.23. The van der Waals surface area contributed by atoms with E-state index in [0.717, 1.165) is 5.69 Å². The molecule has 6 nitrogen and oxygen atoms in total. The van der Waals surface area contributed by atoms with E-state index in [1.165, 1.54) is 0 Å². The first kappa shape index (κ1) is 15.0. The number of nitrogens with zero attached hydrogens (tertiary/aromatic N) is 3. The van der Waals surface area contributed by atoms with Gasteiger partial charge >= 0.3 is 0 Å². The number of carbonyl (C=O) groups is 2. The molecule has 1 saturated heterocycles. The van der Waals surface area contributed by atoms with E-state index in [1.54, 1.807) is 12.3 Å². The quantitative estimate of drug-likeness (QED) is 0.922. The first-order chi connectivity index (χ1) is 11.1. The number of carbonyl (C=O) groups excluding carboxylic acids is 2. The highest BCUT2D eigenvalue weighted by molar-refractivity contribution is 5.94. The molecule has 1 aromatic heterocycles. The highest BCUT2D eigenvalue weighted by Gasteiger charge is 2.22. The summed E-state index contributed by atoms with van der Waals surface area (Å²) in [6.45, 7) is 2.70. The van der Waals surface area contributed by atoms with Crippen LogP contribution in [0.2, 0.25) is 0 Å². The zero-order chi connectivity index (χ0) is 16.2. The zero-order valence-corrected chi connectivity index (χ0v) is 12.7. The highest BCUT2D eigenvalue weighted by atomic mass is 16.2. The van der Waals surface area contributed by atoms with Gasteiger partial charge in [0, 0.05) is 43.6 Å². The van der Waals surface area contributed by atoms with Gasteiger partial charge < -0.3 is 15.5 Å².